The Labute approximate surface area is 161 Å². The molecule has 144 valence electrons. The first-order chi connectivity index (χ1) is 13.1. The molecule has 1 aliphatic rings. The fourth-order valence-electron chi connectivity index (χ4n) is 3.25. The number of hydrogen-bond acceptors (Lipinski definition) is 5. The first-order valence-corrected chi connectivity index (χ1v) is 9.45. The number of nitrogens with one attached hydrogen (secondary N) is 1. The summed E-state index contributed by atoms with van der Waals surface area (Å²) in [5, 5.41) is 2.94. The molecule has 1 aromatic heterocycles. The van der Waals surface area contributed by atoms with Crippen molar-refractivity contribution in [3.63, 3.8) is 0 Å². The minimum absolute atomic E-state index is 0.118. The quantitative estimate of drug-likeness (QED) is 0.849. The number of rotatable bonds is 6. The minimum atomic E-state index is -0.118. The van der Waals surface area contributed by atoms with E-state index < -0.39 is 0 Å². The fraction of sp³-hybridized carbons (Fsp3) is 0.429. The van der Waals surface area contributed by atoms with Gasteiger partial charge in [0, 0.05) is 44.5 Å². The lowest BCUT2D eigenvalue weighted by molar-refractivity contribution is 0.0950. The summed E-state index contributed by atoms with van der Waals surface area (Å²) in [5.74, 6) is 1.61. The van der Waals surface area contributed by atoms with Crippen molar-refractivity contribution in [3.8, 4) is 5.75 Å². The van der Waals surface area contributed by atoms with Crippen LogP contribution in [0.5, 0.6) is 5.75 Å². The average molecular weight is 368 g/mol. The van der Waals surface area contributed by atoms with E-state index in [1.54, 1.807) is 13.2 Å². The van der Waals surface area contributed by atoms with Crippen molar-refractivity contribution in [1.82, 2.24) is 15.2 Å². The first kappa shape index (κ1) is 19.2. The van der Waals surface area contributed by atoms with Gasteiger partial charge in [-0.15, -0.1) is 0 Å². The van der Waals surface area contributed by atoms with Crippen molar-refractivity contribution in [2.75, 3.05) is 44.7 Å². The second-order valence-electron chi connectivity index (χ2n) is 6.81. The number of carbonyl (C=O) groups is 1. The van der Waals surface area contributed by atoms with Crippen LogP contribution < -0.4 is 15.0 Å². The number of carbonyl (C=O) groups excluding carboxylic acids is 1. The van der Waals surface area contributed by atoms with Crippen molar-refractivity contribution in [2.45, 2.75) is 20.4 Å². The fourth-order valence-corrected chi connectivity index (χ4v) is 3.25. The standard InChI is InChI=1S/C21H28N4O2/c1-4-24-9-11-25(12-10-24)20-8-6-17(14-22-20)15-23-21(26)18-7-5-16(2)19(13-18)27-3/h5-8,13-14H,4,9-12,15H2,1-3H3,(H,23,26). The summed E-state index contributed by atoms with van der Waals surface area (Å²) in [7, 11) is 1.61. The number of methoxy groups -OCH3 is 1. The maximum absolute atomic E-state index is 12.4. The number of ether oxygens (including phenoxy) is 1. The normalized spacial score (nSPS) is 14.9. The highest BCUT2D eigenvalue weighted by atomic mass is 16.5. The summed E-state index contributed by atoms with van der Waals surface area (Å²) in [6.45, 7) is 9.88. The van der Waals surface area contributed by atoms with E-state index in [4.69, 9.17) is 4.74 Å². The third kappa shape index (κ3) is 4.77. The highest BCUT2D eigenvalue weighted by Gasteiger charge is 2.16. The lowest BCUT2D eigenvalue weighted by Gasteiger charge is -2.34. The van der Waals surface area contributed by atoms with E-state index in [2.05, 4.69) is 27.0 Å². The average Bonchev–Trinajstić information content (AvgIpc) is 2.73. The zero-order chi connectivity index (χ0) is 19.2. The van der Waals surface area contributed by atoms with Crippen molar-refractivity contribution >= 4 is 11.7 Å². The summed E-state index contributed by atoms with van der Waals surface area (Å²) < 4.78 is 5.29. The van der Waals surface area contributed by atoms with Crippen LogP contribution in [0.15, 0.2) is 36.5 Å². The van der Waals surface area contributed by atoms with Crippen molar-refractivity contribution in [2.24, 2.45) is 0 Å². The van der Waals surface area contributed by atoms with Crippen LogP contribution in [0.1, 0.15) is 28.4 Å². The Morgan fingerprint density at radius 3 is 2.59 bits per heavy atom. The molecule has 1 fully saturated rings. The number of likely N-dealkylation sites (N-methyl/N-ethyl adjacent to an activating group) is 1. The number of piperazine rings is 1. The molecule has 2 aromatic rings. The number of benzene rings is 1. The van der Waals surface area contributed by atoms with Gasteiger partial charge >= 0.3 is 0 Å². The van der Waals surface area contributed by atoms with E-state index in [-0.39, 0.29) is 5.91 Å². The summed E-state index contributed by atoms with van der Waals surface area (Å²) >= 11 is 0. The molecule has 1 amide bonds. The number of aromatic nitrogens is 1. The smallest absolute Gasteiger partial charge is 0.251 e. The van der Waals surface area contributed by atoms with Gasteiger partial charge in [0.1, 0.15) is 11.6 Å². The highest BCUT2D eigenvalue weighted by molar-refractivity contribution is 5.94. The Morgan fingerprint density at radius 1 is 1.19 bits per heavy atom. The highest BCUT2D eigenvalue weighted by Crippen LogP contribution is 2.19. The second kappa shape index (κ2) is 8.86. The molecule has 6 heteroatoms. The van der Waals surface area contributed by atoms with Gasteiger partial charge in [0.05, 0.1) is 7.11 Å². The third-order valence-electron chi connectivity index (χ3n) is 5.08. The maximum Gasteiger partial charge on any atom is 0.251 e. The Morgan fingerprint density at radius 2 is 1.96 bits per heavy atom. The number of nitrogens with zero attached hydrogens (tertiary/aromatic N) is 3. The Kier molecular flexibility index (Phi) is 6.29. The molecule has 0 saturated carbocycles. The van der Waals surface area contributed by atoms with Crippen molar-refractivity contribution in [3.05, 3.63) is 53.2 Å². The van der Waals surface area contributed by atoms with Crippen LogP contribution in [0.2, 0.25) is 0 Å². The van der Waals surface area contributed by atoms with Gasteiger partial charge in [0.2, 0.25) is 0 Å². The van der Waals surface area contributed by atoms with Crippen LogP contribution in [-0.4, -0.2) is 55.6 Å². The first-order valence-electron chi connectivity index (χ1n) is 9.45. The molecule has 1 aromatic carbocycles. The number of amides is 1. The number of pyridine rings is 1. The molecule has 3 rings (SSSR count). The maximum atomic E-state index is 12.4. The van der Waals surface area contributed by atoms with Gasteiger partial charge < -0.3 is 19.9 Å². The molecule has 0 radical (unpaired) electrons. The second-order valence-corrected chi connectivity index (χ2v) is 6.81. The third-order valence-corrected chi connectivity index (χ3v) is 5.08. The van der Waals surface area contributed by atoms with Crippen LogP contribution in [-0.2, 0) is 6.54 Å². The zero-order valence-electron chi connectivity index (χ0n) is 16.4. The summed E-state index contributed by atoms with van der Waals surface area (Å²) in [5.41, 5.74) is 2.59. The number of hydrogen-bond donors (Lipinski definition) is 1. The zero-order valence-corrected chi connectivity index (χ0v) is 16.4. The lowest BCUT2D eigenvalue weighted by atomic mass is 10.1. The number of anilines is 1. The van der Waals surface area contributed by atoms with E-state index in [1.165, 1.54) is 0 Å². The van der Waals surface area contributed by atoms with Gasteiger partial charge in [-0.1, -0.05) is 19.1 Å². The topological polar surface area (TPSA) is 57.7 Å². The molecule has 0 spiro atoms. The van der Waals surface area contributed by atoms with Gasteiger partial charge in [-0.2, -0.15) is 0 Å². The monoisotopic (exact) mass is 368 g/mol. The molecule has 1 saturated heterocycles. The summed E-state index contributed by atoms with van der Waals surface area (Å²) in [6.07, 6.45) is 1.84. The molecule has 0 unspecified atom stereocenters. The van der Waals surface area contributed by atoms with Gasteiger partial charge in [-0.25, -0.2) is 4.98 Å². The van der Waals surface area contributed by atoms with Crippen LogP contribution in [0.3, 0.4) is 0 Å². The molecule has 27 heavy (non-hydrogen) atoms. The van der Waals surface area contributed by atoms with E-state index in [0.717, 1.165) is 55.4 Å². The molecular formula is C21H28N4O2. The lowest BCUT2D eigenvalue weighted by Crippen LogP contribution is -2.46. The molecule has 1 aliphatic heterocycles. The van der Waals surface area contributed by atoms with Crippen LogP contribution in [0.25, 0.3) is 0 Å². The van der Waals surface area contributed by atoms with Crippen LogP contribution in [0, 0.1) is 6.92 Å². The molecule has 1 N–H and O–H groups in total. The predicted molar refractivity (Wildman–Crippen MR) is 107 cm³/mol. The van der Waals surface area contributed by atoms with E-state index >= 15 is 0 Å². The van der Waals surface area contributed by atoms with Crippen LogP contribution in [0.4, 0.5) is 5.82 Å². The molecule has 2 heterocycles. The molecular weight excluding hydrogens is 340 g/mol. The molecule has 0 bridgehead atoms. The van der Waals surface area contributed by atoms with Gasteiger partial charge in [0.15, 0.2) is 0 Å². The minimum Gasteiger partial charge on any atom is -0.496 e. The van der Waals surface area contributed by atoms with Gasteiger partial charge in [-0.3, -0.25) is 4.79 Å². The Balaban J connectivity index is 1.55. The molecule has 0 atom stereocenters. The largest absolute Gasteiger partial charge is 0.496 e. The van der Waals surface area contributed by atoms with Crippen molar-refractivity contribution < 1.29 is 9.53 Å². The SMILES string of the molecule is CCN1CCN(c2ccc(CNC(=O)c3ccc(C)c(OC)c3)cn2)CC1. The molecule has 6 nitrogen and oxygen atoms in total. The van der Waals surface area contributed by atoms with E-state index in [9.17, 15) is 4.79 Å². The van der Waals surface area contributed by atoms with Gasteiger partial charge in [-0.05, 0) is 42.8 Å². The van der Waals surface area contributed by atoms with E-state index in [1.807, 2.05) is 37.4 Å². The number of aryl methyl sites for hydroxylation is 1. The van der Waals surface area contributed by atoms with Crippen molar-refractivity contribution in [1.29, 1.82) is 0 Å². The summed E-state index contributed by atoms with van der Waals surface area (Å²) in [4.78, 5) is 21.7. The molecule has 0 aliphatic carbocycles. The predicted octanol–water partition coefficient (Wildman–Crippen LogP) is 2.47. The Bertz CT molecular complexity index is 768. The summed E-state index contributed by atoms with van der Waals surface area (Å²) in [6, 6.07) is 9.54. The van der Waals surface area contributed by atoms with E-state index in [0.29, 0.717) is 12.1 Å². The van der Waals surface area contributed by atoms with Gasteiger partial charge in [0.25, 0.3) is 5.91 Å². The van der Waals surface area contributed by atoms with Crippen LogP contribution >= 0.6 is 0 Å². The Hall–Kier alpha value is -2.60.